The first-order chi connectivity index (χ1) is 15.3. The molecular weight excluding hydrogens is 459 g/mol. The second kappa shape index (κ2) is 8.16. The van der Waals surface area contributed by atoms with Gasteiger partial charge in [-0.15, -0.1) is 0 Å². The van der Waals surface area contributed by atoms with Crippen molar-refractivity contribution in [3.63, 3.8) is 0 Å². The zero-order valence-electron chi connectivity index (χ0n) is 20.0. The summed E-state index contributed by atoms with van der Waals surface area (Å²) in [4.78, 5) is 15.5. The van der Waals surface area contributed by atoms with Crippen LogP contribution in [0.25, 0.3) is 0 Å². The Bertz CT molecular complexity index is 1080. The molecule has 0 bridgehead atoms. The number of esters is 1. The third-order valence-electron chi connectivity index (χ3n) is 6.87. The van der Waals surface area contributed by atoms with E-state index in [1.165, 1.54) is 0 Å². The minimum absolute atomic E-state index is 0.0650. The standard InChI is InChI=1S/C26H32Cl2N2O3/c1-24(2,3)14-20-26(29,18-11-10-17(28)13-19(18)32-6)21(15-8-7-9-16(27)12-15)22-23(31)33-25(4,5)30(20)22/h7-13,20-22H,14,29H2,1-6H3/t20-,21-,22-,26+/m0/s1. The number of hydrogen-bond acceptors (Lipinski definition) is 5. The van der Waals surface area contributed by atoms with E-state index in [0.717, 1.165) is 17.5 Å². The molecule has 2 aliphatic rings. The van der Waals surface area contributed by atoms with Gasteiger partial charge in [0.15, 0.2) is 5.72 Å². The van der Waals surface area contributed by atoms with Gasteiger partial charge in [-0.25, -0.2) is 4.90 Å². The van der Waals surface area contributed by atoms with Crippen LogP contribution in [0.5, 0.6) is 5.75 Å². The molecule has 4 rings (SSSR count). The van der Waals surface area contributed by atoms with E-state index in [9.17, 15) is 4.79 Å². The molecule has 0 aromatic heterocycles. The summed E-state index contributed by atoms with van der Waals surface area (Å²) in [6.45, 7) is 10.4. The highest BCUT2D eigenvalue weighted by atomic mass is 35.5. The third-order valence-corrected chi connectivity index (χ3v) is 7.34. The van der Waals surface area contributed by atoms with Gasteiger partial charge in [-0.1, -0.05) is 62.2 Å². The van der Waals surface area contributed by atoms with Crippen LogP contribution >= 0.6 is 23.2 Å². The number of halogens is 2. The molecule has 7 heteroatoms. The lowest BCUT2D eigenvalue weighted by molar-refractivity contribution is -0.152. The molecule has 0 saturated carbocycles. The van der Waals surface area contributed by atoms with Crippen molar-refractivity contribution in [1.29, 1.82) is 0 Å². The Morgan fingerprint density at radius 2 is 1.79 bits per heavy atom. The van der Waals surface area contributed by atoms with Crippen LogP contribution in [0.1, 0.15) is 58.1 Å². The summed E-state index contributed by atoms with van der Waals surface area (Å²) >= 11 is 12.7. The second-order valence-electron chi connectivity index (χ2n) is 10.8. The Hall–Kier alpha value is -1.79. The molecule has 0 aliphatic carbocycles. The van der Waals surface area contributed by atoms with E-state index in [-0.39, 0.29) is 17.4 Å². The van der Waals surface area contributed by atoms with Crippen LogP contribution in [0.4, 0.5) is 0 Å². The quantitative estimate of drug-likeness (QED) is 0.554. The number of fused-ring (bicyclic) bond motifs is 1. The highest BCUT2D eigenvalue weighted by Crippen LogP contribution is 2.58. The normalized spacial score (nSPS) is 29.1. The first-order valence-electron chi connectivity index (χ1n) is 11.2. The molecule has 0 spiro atoms. The molecule has 2 N–H and O–H groups in total. The molecule has 2 aromatic rings. The summed E-state index contributed by atoms with van der Waals surface area (Å²) in [6.07, 6.45) is 0.739. The van der Waals surface area contributed by atoms with E-state index < -0.39 is 23.2 Å². The van der Waals surface area contributed by atoms with Gasteiger partial charge in [-0.05, 0) is 55.5 Å². The third kappa shape index (κ3) is 4.03. The Morgan fingerprint density at radius 1 is 1.12 bits per heavy atom. The summed E-state index contributed by atoms with van der Waals surface area (Å²) < 4.78 is 11.7. The molecule has 0 unspecified atom stereocenters. The molecular formula is C26H32Cl2N2O3. The topological polar surface area (TPSA) is 64.8 Å². The van der Waals surface area contributed by atoms with E-state index >= 15 is 0 Å². The molecule has 178 valence electrons. The monoisotopic (exact) mass is 490 g/mol. The lowest BCUT2D eigenvalue weighted by atomic mass is 9.68. The van der Waals surface area contributed by atoms with Crippen LogP contribution < -0.4 is 10.5 Å². The maximum Gasteiger partial charge on any atom is 0.325 e. The van der Waals surface area contributed by atoms with Crippen LogP contribution in [0.2, 0.25) is 10.0 Å². The van der Waals surface area contributed by atoms with Gasteiger partial charge in [0.05, 0.1) is 12.6 Å². The summed E-state index contributed by atoms with van der Waals surface area (Å²) in [6, 6.07) is 12.3. The lowest BCUT2D eigenvalue weighted by Gasteiger charge is -2.44. The molecule has 5 nitrogen and oxygen atoms in total. The number of ether oxygens (including phenoxy) is 2. The van der Waals surface area contributed by atoms with Crippen molar-refractivity contribution in [2.45, 2.75) is 70.3 Å². The largest absolute Gasteiger partial charge is 0.496 e. The van der Waals surface area contributed by atoms with E-state index in [1.807, 2.05) is 50.2 Å². The van der Waals surface area contributed by atoms with Crippen molar-refractivity contribution in [1.82, 2.24) is 4.90 Å². The number of carbonyl (C=O) groups excluding carboxylic acids is 1. The van der Waals surface area contributed by atoms with Crippen molar-refractivity contribution < 1.29 is 14.3 Å². The average molecular weight is 491 g/mol. The zero-order valence-corrected chi connectivity index (χ0v) is 21.5. The molecule has 2 aliphatic heterocycles. The number of benzene rings is 2. The fourth-order valence-corrected chi connectivity index (χ4v) is 6.11. The maximum absolute atomic E-state index is 13.4. The van der Waals surface area contributed by atoms with Crippen LogP contribution in [0, 0.1) is 5.41 Å². The Morgan fingerprint density at radius 3 is 2.39 bits per heavy atom. The second-order valence-corrected chi connectivity index (χ2v) is 11.7. The highest BCUT2D eigenvalue weighted by Gasteiger charge is 2.69. The summed E-state index contributed by atoms with van der Waals surface area (Å²) in [5.74, 6) is -0.0830. The number of nitrogens with zero attached hydrogens (tertiary/aromatic N) is 1. The van der Waals surface area contributed by atoms with E-state index in [4.69, 9.17) is 38.4 Å². The number of cyclic esters (lactones) is 1. The van der Waals surface area contributed by atoms with Crippen molar-refractivity contribution in [2.75, 3.05) is 7.11 Å². The van der Waals surface area contributed by atoms with Crippen LogP contribution in [0.3, 0.4) is 0 Å². The number of methoxy groups -OCH3 is 1. The Labute approximate surface area is 206 Å². The highest BCUT2D eigenvalue weighted by molar-refractivity contribution is 6.31. The molecule has 33 heavy (non-hydrogen) atoms. The van der Waals surface area contributed by atoms with E-state index in [2.05, 4.69) is 25.7 Å². The predicted molar refractivity (Wildman–Crippen MR) is 132 cm³/mol. The number of hydrogen-bond donors (Lipinski definition) is 1. The van der Waals surface area contributed by atoms with Crippen LogP contribution in [0.15, 0.2) is 42.5 Å². The van der Waals surface area contributed by atoms with Gasteiger partial charge < -0.3 is 15.2 Å². The maximum atomic E-state index is 13.4. The van der Waals surface area contributed by atoms with Gasteiger partial charge in [0.2, 0.25) is 0 Å². The molecule has 2 fully saturated rings. The van der Waals surface area contributed by atoms with Gasteiger partial charge in [0.25, 0.3) is 0 Å². The van der Waals surface area contributed by atoms with E-state index in [1.54, 1.807) is 13.2 Å². The molecule has 2 heterocycles. The molecule has 0 radical (unpaired) electrons. The van der Waals surface area contributed by atoms with Crippen molar-refractivity contribution >= 4 is 29.2 Å². The fourth-order valence-electron chi connectivity index (χ4n) is 5.75. The van der Waals surface area contributed by atoms with Gasteiger partial charge in [-0.2, -0.15) is 0 Å². The van der Waals surface area contributed by atoms with Gasteiger partial charge >= 0.3 is 5.97 Å². The first-order valence-corrected chi connectivity index (χ1v) is 11.9. The Kier molecular flexibility index (Phi) is 6.02. The molecule has 0 amide bonds. The number of rotatable bonds is 4. The van der Waals surface area contributed by atoms with Gasteiger partial charge in [0, 0.05) is 27.6 Å². The molecule has 4 atom stereocenters. The predicted octanol–water partition coefficient (Wildman–Crippen LogP) is 5.72. The number of nitrogens with two attached hydrogens (primary N) is 1. The van der Waals surface area contributed by atoms with Crippen molar-refractivity contribution in [3.05, 3.63) is 63.6 Å². The SMILES string of the molecule is COc1cc(Cl)ccc1[C@@]1(N)[C@H](CC(C)(C)C)N2[C@H](C(=O)OC2(C)C)[C@@H]1c1cccc(Cl)c1. The molecule has 2 aromatic carbocycles. The lowest BCUT2D eigenvalue weighted by Crippen LogP contribution is -2.56. The summed E-state index contributed by atoms with van der Waals surface area (Å²) in [5, 5.41) is 1.15. The first kappa shape index (κ1) is 24.3. The number of carbonyl (C=O) groups is 1. The summed E-state index contributed by atoms with van der Waals surface area (Å²) in [7, 11) is 1.61. The summed E-state index contributed by atoms with van der Waals surface area (Å²) in [5.41, 5.74) is 7.39. The minimum atomic E-state index is -0.977. The van der Waals surface area contributed by atoms with Crippen LogP contribution in [-0.4, -0.2) is 35.8 Å². The fraction of sp³-hybridized carbons (Fsp3) is 0.500. The average Bonchev–Trinajstić information content (AvgIpc) is 3.09. The molecule has 2 saturated heterocycles. The smallest absolute Gasteiger partial charge is 0.325 e. The van der Waals surface area contributed by atoms with Crippen LogP contribution in [-0.2, 0) is 15.1 Å². The minimum Gasteiger partial charge on any atom is -0.496 e. The van der Waals surface area contributed by atoms with Crippen molar-refractivity contribution in [3.8, 4) is 5.75 Å². The van der Waals surface area contributed by atoms with Gasteiger partial charge in [-0.3, -0.25) is 4.79 Å². The van der Waals surface area contributed by atoms with Crippen molar-refractivity contribution in [2.24, 2.45) is 11.1 Å². The Balaban J connectivity index is 2.05. The van der Waals surface area contributed by atoms with Gasteiger partial charge in [0.1, 0.15) is 11.8 Å². The zero-order chi connectivity index (χ0) is 24.3. The van der Waals surface area contributed by atoms with E-state index in [0.29, 0.717) is 15.8 Å².